The van der Waals surface area contributed by atoms with Crippen molar-refractivity contribution < 1.29 is 4.79 Å². The highest BCUT2D eigenvalue weighted by atomic mass is 16.2. The van der Waals surface area contributed by atoms with Crippen LogP contribution in [0.15, 0.2) is 0 Å². The van der Waals surface area contributed by atoms with Crippen LogP contribution in [0.4, 0.5) is 4.79 Å². The van der Waals surface area contributed by atoms with Gasteiger partial charge in [-0.2, -0.15) is 0 Å². The Kier molecular flexibility index (Phi) is 5.06. The van der Waals surface area contributed by atoms with Crippen molar-refractivity contribution in [2.45, 2.75) is 50.5 Å². The van der Waals surface area contributed by atoms with Crippen LogP contribution in [0, 0.1) is 0 Å². The number of carbonyl (C=O) groups excluding carboxylic acids is 1. The summed E-state index contributed by atoms with van der Waals surface area (Å²) < 4.78 is 0. The highest BCUT2D eigenvalue weighted by molar-refractivity contribution is 5.74. The molecule has 0 aromatic rings. The summed E-state index contributed by atoms with van der Waals surface area (Å²) in [4.78, 5) is 13.3. The molecule has 4 heteroatoms. The molecule has 0 spiro atoms. The molecule has 1 aliphatic carbocycles. The lowest BCUT2D eigenvalue weighted by molar-refractivity contribution is 0.190. The molecule has 1 saturated carbocycles. The molecule has 4 nitrogen and oxygen atoms in total. The first-order valence-electron chi connectivity index (χ1n) is 6.29. The largest absolute Gasteiger partial charge is 0.331 e. The summed E-state index contributed by atoms with van der Waals surface area (Å²) in [5.41, 5.74) is 5.71. The molecular weight excluding hydrogens is 202 g/mol. The number of rotatable bonds is 2. The Morgan fingerprint density at radius 3 is 2.12 bits per heavy atom. The Morgan fingerprint density at radius 2 is 1.69 bits per heavy atom. The van der Waals surface area contributed by atoms with Gasteiger partial charge in [0.15, 0.2) is 0 Å². The number of amides is 2. The fraction of sp³-hybridized carbons (Fsp3) is 0.917. The number of nitrogens with zero attached hydrogens (tertiary/aromatic N) is 1. The van der Waals surface area contributed by atoms with Gasteiger partial charge in [-0.1, -0.05) is 32.1 Å². The van der Waals surface area contributed by atoms with Crippen LogP contribution in [0.25, 0.3) is 0 Å². The minimum absolute atomic E-state index is 0.0222. The Balaban J connectivity index is 2.61. The van der Waals surface area contributed by atoms with Crippen LogP contribution < -0.4 is 11.1 Å². The third-order valence-electron chi connectivity index (χ3n) is 3.48. The highest BCUT2D eigenvalue weighted by Crippen LogP contribution is 2.25. The van der Waals surface area contributed by atoms with Gasteiger partial charge in [0.1, 0.15) is 0 Å². The molecule has 0 aromatic heterocycles. The lowest BCUT2D eigenvalue weighted by Gasteiger charge is -2.36. The first-order chi connectivity index (χ1) is 7.59. The van der Waals surface area contributed by atoms with E-state index in [4.69, 9.17) is 5.73 Å². The molecule has 0 bridgehead atoms. The Labute approximate surface area is 98.6 Å². The number of carbonyl (C=O) groups is 1. The van der Waals surface area contributed by atoms with Crippen LogP contribution in [-0.2, 0) is 0 Å². The molecule has 0 heterocycles. The van der Waals surface area contributed by atoms with Crippen LogP contribution in [0.3, 0.4) is 0 Å². The third-order valence-corrected chi connectivity index (χ3v) is 3.48. The van der Waals surface area contributed by atoms with Gasteiger partial charge < -0.3 is 16.0 Å². The van der Waals surface area contributed by atoms with E-state index in [1.807, 2.05) is 0 Å². The van der Waals surface area contributed by atoms with Gasteiger partial charge in [0.25, 0.3) is 0 Å². The standard InChI is InChI=1S/C12H25N3O/c1-15(2)11(16)14-12(10-13)8-6-4-3-5-7-9-12/h3-10,13H2,1-2H3,(H,14,16). The van der Waals surface area contributed by atoms with Crippen LogP contribution in [0.5, 0.6) is 0 Å². The number of urea groups is 1. The topological polar surface area (TPSA) is 58.4 Å². The minimum Gasteiger partial charge on any atom is -0.331 e. The van der Waals surface area contributed by atoms with Crippen molar-refractivity contribution in [1.82, 2.24) is 10.2 Å². The molecule has 2 amide bonds. The summed E-state index contributed by atoms with van der Waals surface area (Å²) in [5, 5.41) is 3.11. The van der Waals surface area contributed by atoms with Crippen molar-refractivity contribution >= 4 is 6.03 Å². The van der Waals surface area contributed by atoms with Gasteiger partial charge in [0, 0.05) is 20.6 Å². The van der Waals surface area contributed by atoms with Crippen molar-refractivity contribution in [1.29, 1.82) is 0 Å². The third kappa shape index (κ3) is 3.67. The van der Waals surface area contributed by atoms with E-state index in [2.05, 4.69) is 5.32 Å². The molecule has 0 atom stereocenters. The Hall–Kier alpha value is -0.770. The SMILES string of the molecule is CN(C)C(=O)NC1(CN)CCCCCCC1. The van der Waals surface area contributed by atoms with Crippen molar-refractivity contribution in [3.8, 4) is 0 Å². The predicted molar refractivity (Wildman–Crippen MR) is 66.3 cm³/mol. The van der Waals surface area contributed by atoms with Crippen LogP contribution in [0.1, 0.15) is 44.9 Å². The summed E-state index contributed by atoms with van der Waals surface area (Å²) in [5.74, 6) is 0. The molecule has 0 aliphatic heterocycles. The van der Waals surface area contributed by atoms with E-state index < -0.39 is 0 Å². The van der Waals surface area contributed by atoms with Gasteiger partial charge in [-0.3, -0.25) is 0 Å². The summed E-state index contributed by atoms with van der Waals surface area (Å²) in [6.45, 7) is 0.548. The zero-order valence-electron chi connectivity index (χ0n) is 10.6. The average molecular weight is 227 g/mol. The predicted octanol–water partition coefficient (Wildman–Crippen LogP) is 1.70. The van der Waals surface area contributed by atoms with Gasteiger partial charge in [-0.05, 0) is 12.8 Å². The molecular formula is C12H25N3O. The van der Waals surface area contributed by atoms with E-state index in [-0.39, 0.29) is 11.6 Å². The van der Waals surface area contributed by atoms with Crippen molar-refractivity contribution in [2.75, 3.05) is 20.6 Å². The molecule has 16 heavy (non-hydrogen) atoms. The maximum atomic E-state index is 11.7. The first kappa shape index (κ1) is 13.3. The second-order valence-electron chi connectivity index (χ2n) is 5.08. The van der Waals surface area contributed by atoms with Crippen molar-refractivity contribution in [3.63, 3.8) is 0 Å². The monoisotopic (exact) mass is 227 g/mol. The lowest BCUT2D eigenvalue weighted by atomic mass is 9.84. The fourth-order valence-corrected chi connectivity index (χ4v) is 2.30. The highest BCUT2D eigenvalue weighted by Gasteiger charge is 2.30. The van der Waals surface area contributed by atoms with E-state index in [0.29, 0.717) is 6.54 Å². The van der Waals surface area contributed by atoms with Gasteiger partial charge in [-0.25, -0.2) is 4.79 Å². The summed E-state index contributed by atoms with van der Waals surface area (Å²) in [6.07, 6.45) is 8.23. The molecule has 3 N–H and O–H groups in total. The van der Waals surface area contributed by atoms with Crippen molar-refractivity contribution in [2.24, 2.45) is 5.73 Å². The summed E-state index contributed by atoms with van der Waals surface area (Å²) in [6, 6.07) is -0.0222. The molecule has 0 unspecified atom stereocenters. The molecule has 0 aromatic carbocycles. The summed E-state index contributed by atoms with van der Waals surface area (Å²) in [7, 11) is 3.53. The Morgan fingerprint density at radius 1 is 1.19 bits per heavy atom. The maximum absolute atomic E-state index is 11.7. The number of nitrogens with one attached hydrogen (secondary N) is 1. The van der Waals surface area contributed by atoms with E-state index in [9.17, 15) is 4.79 Å². The molecule has 1 rings (SSSR count). The number of nitrogens with two attached hydrogens (primary N) is 1. The van der Waals surface area contributed by atoms with Crippen molar-refractivity contribution in [3.05, 3.63) is 0 Å². The summed E-state index contributed by atoms with van der Waals surface area (Å²) >= 11 is 0. The van der Waals surface area contributed by atoms with Gasteiger partial charge in [0.2, 0.25) is 0 Å². The van der Waals surface area contributed by atoms with Gasteiger partial charge in [0.05, 0.1) is 5.54 Å². The second kappa shape index (κ2) is 6.09. The molecule has 1 fully saturated rings. The molecule has 1 aliphatic rings. The normalized spacial score (nSPS) is 20.7. The minimum atomic E-state index is -0.165. The first-order valence-corrected chi connectivity index (χ1v) is 6.29. The number of hydrogen-bond acceptors (Lipinski definition) is 2. The van der Waals surface area contributed by atoms with E-state index in [1.165, 1.54) is 32.1 Å². The van der Waals surface area contributed by atoms with E-state index >= 15 is 0 Å². The quantitative estimate of drug-likeness (QED) is 0.754. The van der Waals surface area contributed by atoms with E-state index in [0.717, 1.165) is 12.8 Å². The smallest absolute Gasteiger partial charge is 0.317 e. The number of hydrogen-bond donors (Lipinski definition) is 2. The molecule has 0 saturated heterocycles. The zero-order valence-corrected chi connectivity index (χ0v) is 10.6. The molecule has 0 radical (unpaired) electrons. The van der Waals surface area contributed by atoms with Gasteiger partial charge >= 0.3 is 6.03 Å². The molecule has 94 valence electrons. The maximum Gasteiger partial charge on any atom is 0.317 e. The Bertz CT molecular complexity index is 220. The van der Waals surface area contributed by atoms with Crippen LogP contribution in [-0.4, -0.2) is 37.1 Å². The van der Waals surface area contributed by atoms with Crippen LogP contribution in [0.2, 0.25) is 0 Å². The van der Waals surface area contributed by atoms with E-state index in [1.54, 1.807) is 19.0 Å². The lowest BCUT2D eigenvalue weighted by Crippen LogP contribution is -2.56. The van der Waals surface area contributed by atoms with Crippen LogP contribution >= 0.6 is 0 Å². The van der Waals surface area contributed by atoms with Gasteiger partial charge in [-0.15, -0.1) is 0 Å². The zero-order chi connectivity index (χ0) is 12.0. The second-order valence-corrected chi connectivity index (χ2v) is 5.08. The fourth-order valence-electron chi connectivity index (χ4n) is 2.30. The average Bonchev–Trinajstić information content (AvgIpc) is 2.22.